The lowest BCUT2D eigenvalue weighted by molar-refractivity contribution is -0.383. The average molecular weight is 290 g/mol. The van der Waals surface area contributed by atoms with Gasteiger partial charge in [-0.25, -0.2) is 4.79 Å². The lowest BCUT2D eigenvalue weighted by Gasteiger charge is -2.06. The van der Waals surface area contributed by atoms with Gasteiger partial charge in [0.15, 0.2) is 0 Å². The highest BCUT2D eigenvalue weighted by molar-refractivity contribution is 6.04. The number of nitro groups is 1. The number of hydrogen-bond acceptors (Lipinski definition) is 5. The zero-order valence-corrected chi connectivity index (χ0v) is 10.8. The van der Waals surface area contributed by atoms with Crippen LogP contribution in [0.4, 0.5) is 11.4 Å². The summed E-state index contributed by atoms with van der Waals surface area (Å²) in [6, 6.07) is 5.52. The standard InChI is InChI=1S/C12H10N4O5/c1-15-11(18)7(6-13-12(15)19)10(17)14-8-4-2-3-5-9(8)16(20)21/h2-6H,1H3,(H,13,19)(H,14,17). The number of amides is 1. The molecule has 0 unspecified atom stereocenters. The van der Waals surface area contributed by atoms with Gasteiger partial charge in [0.1, 0.15) is 11.3 Å². The van der Waals surface area contributed by atoms with E-state index in [0.29, 0.717) is 0 Å². The molecule has 9 heteroatoms. The van der Waals surface area contributed by atoms with Gasteiger partial charge in [-0.1, -0.05) is 12.1 Å². The monoisotopic (exact) mass is 290 g/mol. The van der Waals surface area contributed by atoms with Crippen molar-refractivity contribution in [3.8, 4) is 0 Å². The Kier molecular flexibility index (Phi) is 3.65. The minimum atomic E-state index is -0.846. The maximum Gasteiger partial charge on any atom is 0.328 e. The number of nitrogens with zero attached hydrogens (tertiary/aromatic N) is 2. The Labute approximate surface area is 117 Å². The van der Waals surface area contributed by atoms with Crippen molar-refractivity contribution in [2.24, 2.45) is 7.05 Å². The van der Waals surface area contributed by atoms with Crippen LogP contribution in [-0.2, 0) is 7.05 Å². The SMILES string of the molecule is Cn1c(=O)[nH]cc(C(=O)Nc2ccccc2[N+](=O)[O-])c1=O. The molecule has 0 aliphatic carbocycles. The van der Waals surface area contributed by atoms with E-state index < -0.39 is 22.1 Å². The number of aromatic nitrogens is 2. The summed E-state index contributed by atoms with van der Waals surface area (Å²) in [5, 5.41) is 13.1. The molecule has 2 N–H and O–H groups in total. The van der Waals surface area contributed by atoms with Crippen LogP contribution >= 0.6 is 0 Å². The summed E-state index contributed by atoms with van der Waals surface area (Å²) in [6.45, 7) is 0. The molecule has 0 radical (unpaired) electrons. The number of H-pyrrole nitrogens is 1. The van der Waals surface area contributed by atoms with Crippen molar-refractivity contribution in [1.82, 2.24) is 9.55 Å². The molecular weight excluding hydrogens is 280 g/mol. The van der Waals surface area contributed by atoms with E-state index in [1.54, 1.807) is 0 Å². The molecule has 1 aromatic carbocycles. The summed E-state index contributed by atoms with van der Waals surface area (Å²) < 4.78 is 0.730. The number of para-hydroxylation sites is 2. The lowest BCUT2D eigenvalue weighted by atomic mass is 10.2. The van der Waals surface area contributed by atoms with Crippen LogP contribution in [-0.4, -0.2) is 20.4 Å². The Bertz CT molecular complexity index is 836. The van der Waals surface area contributed by atoms with Crippen LogP contribution in [0.15, 0.2) is 40.1 Å². The Morgan fingerprint density at radius 3 is 2.67 bits per heavy atom. The third-order valence-electron chi connectivity index (χ3n) is 2.77. The first kappa shape index (κ1) is 14.2. The second-order valence-corrected chi connectivity index (χ2v) is 4.10. The molecule has 0 aliphatic rings. The van der Waals surface area contributed by atoms with Crippen molar-refractivity contribution in [2.75, 3.05) is 5.32 Å². The van der Waals surface area contributed by atoms with Gasteiger partial charge in [-0.15, -0.1) is 0 Å². The van der Waals surface area contributed by atoms with Crippen LogP contribution in [0, 0.1) is 10.1 Å². The first-order chi connectivity index (χ1) is 9.91. The molecule has 2 aromatic rings. The molecule has 108 valence electrons. The highest BCUT2D eigenvalue weighted by Gasteiger charge is 2.18. The van der Waals surface area contributed by atoms with Crippen molar-refractivity contribution in [1.29, 1.82) is 0 Å². The molecule has 1 amide bonds. The highest BCUT2D eigenvalue weighted by Crippen LogP contribution is 2.23. The topological polar surface area (TPSA) is 127 Å². The van der Waals surface area contributed by atoms with E-state index in [4.69, 9.17) is 0 Å². The smallest absolute Gasteiger partial charge is 0.316 e. The van der Waals surface area contributed by atoms with E-state index >= 15 is 0 Å². The number of benzene rings is 1. The molecule has 0 atom stereocenters. The second kappa shape index (κ2) is 5.41. The molecule has 0 saturated carbocycles. The predicted octanol–water partition coefficient (Wildman–Crippen LogP) is 0.234. The number of aromatic amines is 1. The Hall–Kier alpha value is -3.23. The molecule has 0 saturated heterocycles. The summed E-state index contributed by atoms with van der Waals surface area (Å²) in [5.74, 6) is -0.846. The van der Waals surface area contributed by atoms with Crippen molar-refractivity contribution < 1.29 is 9.72 Å². The number of rotatable bonds is 3. The quantitative estimate of drug-likeness (QED) is 0.618. The largest absolute Gasteiger partial charge is 0.328 e. The van der Waals surface area contributed by atoms with Gasteiger partial charge in [0.25, 0.3) is 17.2 Å². The summed E-state index contributed by atoms with van der Waals surface area (Å²) >= 11 is 0. The molecule has 0 fully saturated rings. The summed E-state index contributed by atoms with van der Waals surface area (Å²) in [5.41, 5.74) is -2.12. The second-order valence-electron chi connectivity index (χ2n) is 4.10. The molecule has 2 rings (SSSR count). The van der Waals surface area contributed by atoms with Gasteiger partial charge in [0.05, 0.1) is 4.92 Å². The Balaban J connectivity index is 2.40. The molecule has 9 nitrogen and oxygen atoms in total. The number of carbonyl (C=O) groups is 1. The van der Waals surface area contributed by atoms with E-state index in [0.717, 1.165) is 10.8 Å². The van der Waals surface area contributed by atoms with Gasteiger partial charge in [-0.3, -0.25) is 24.3 Å². The number of carbonyl (C=O) groups excluding carboxylic acids is 1. The van der Waals surface area contributed by atoms with Crippen LogP contribution in [0.2, 0.25) is 0 Å². The number of nitro benzene ring substituents is 1. The van der Waals surface area contributed by atoms with E-state index in [1.807, 2.05) is 0 Å². The van der Waals surface area contributed by atoms with Gasteiger partial charge in [0, 0.05) is 19.3 Å². The Morgan fingerprint density at radius 1 is 1.33 bits per heavy atom. The number of anilines is 1. The van der Waals surface area contributed by atoms with Crippen molar-refractivity contribution in [3.05, 3.63) is 67.0 Å². The first-order valence-corrected chi connectivity index (χ1v) is 5.75. The van der Waals surface area contributed by atoms with E-state index in [1.165, 1.54) is 31.3 Å². The van der Waals surface area contributed by atoms with Gasteiger partial charge in [0.2, 0.25) is 0 Å². The fourth-order valence-electron chi connectivity index (χ4n) is 1.66. The average Bonchev–Trinajstić information content (AvgIpc) is 2.45. The van der Waals surface area contributed by atoms with E-state index in [-0.39, 0.29) is 16.9 Å². The van der Waals surface area contributed by atoms with E-state index in [2.05, 4.69) is 10.3 Å². The molecule has 0 bridgehead atoms. The van der Waals surface area contributed by atoms with Crippen LogP contribution < -0.4 is 16.6 Å². The molecule has 0 aliphatic heterocycles. The minimum absolute atomic E-state index is 0.0410. The normalized spacial score (nSPS) is 10.1. The third-order valence-corrected chi connectivity index (χ3v) is 2.77. The Morgan fingerprint density at radius 2 is 2.00 bits per heavy atom. The molecule has 21 heavy (non-hydrogen) atoms. The summed E-state index contributed by atoms with van der Waals surface area (Å²) in [4.78, 5) is 47.4. The van der Waals surface area contributed by atoms with Crippen LogP contribution in [0.3, 0.4) is 0 Å². The molecule has 0 spiro atoms. The zero-order chi connectivity index (χ0) is 15.6. The number of nitrogens with one attached hydrogen (secondary N) is 2. The number of hydrogen-bond donors (Lipinski definition) is 2. The fraction of sp³-hybridized carbons (Fsp3) is 0.0833. The van der Waals surface area contributed by atoms with Crippen molar-refractivity contribution in [2.45, 2.75) is 0 Å². The van der Waals surface area contributed by atoms with Crippen molar-refractivity contribution in [3.63, 3.8) is 0 Å². The van der Waals surface area contributed by atoms with Crippen LogP contribution in [0.5, 0.6) is 0 Å². The predicted molar refractivity (Wildman–Crippen MR) is 73.4 cm³/mol. The third kappa shape index (κ3) is 2.71. The summed E-state index contributed by atoms with van der Waals surface area (Å²) in [7, 11) is 1.21. The summed E-state index contributed by atoms with van der Waals surface area (Å²) in [6.07, 6.45) is 0.967. The minimum Gasteiger partial charge on any atom is -0.316 e. The maximum atomic E-state index is 12.0. The first-order valence-electron chi connectivity index (χ1n) is 5.75. The van der Waals surface area contributed by atoms with Gasteiger partial charge >= 0.3 is 5.69 Å². The molecule has 1 heterocycles. The van der Waals surface area contributed by atoms with Crippen LogP contribution in [0.1, 0.15) is 10.4 Å². The van der Waals surface area contributed by atoms with Gasteiger partial charge < -0.3 is 10.3 Å². The van der Waals surface area contributed by atoms with Crippen molar-refractivity contribution >= 4 is 17.3 Å². The van der Waals surface area contributed by atoms with Gasteiger partial charge in [-0.05, 0) is 6.07 Å². The van der Waals surface area contributed by atoms with Crippen LogP contribution in [0.25, 0.3) is 0 Å². The fourth-order valence-corrected chi connectivity index (χ4v) is 1.66. The lowest BCUT2D eigenvalue weighted by Crippen LogP contribution is -2.37. The maximum absolute atomic E-state index is 12.0. The highest BCUT2D eigenvalue weighted by atomic mass is 16.6. The molecule has 1 aromatic heterocycles. The van der Waals surface area contributed by atoms with Gasteiger partial charge in [-0.2, -0.15) is 0 Å². The molecular formula is C12H10N4O5. The zero-order valence-electron chi connectivity index (χ0n) is 10.8. The van der Waals surface area contributed by atoms with E-state index in [9.17, 15) is 24.5 Å².